The Morgan fingerprint density at radius 1 is 1.45 bits per heavy atom. The van der Waals surface area contributed by atoms with Crippen LogP contribution in [-0.2, 0) is 24.2 Å². The molecule has 0 bridgehead atoms. The Morgan fingerprint density at radius 3 is 2.97 bits per heavy atom. The Balaban J connectivity index is 1.47. The zero-order valence-electron chi connectivity index (χ0n) is 18.7. The number of nitrogens with one attached hydrogen (secondary N) is 1. The van der Waals surface area contributed by atoms with E-state index in [-0.39, 0.29) is 29.7 Å². The molecule has 0 aromatic carbocycles. The van der Waals surface area contributed by atoms with Gasteiger partial charge in [-0.1, -0.05) is 18.7 Å². The third-order valence-electron chi connectivity index (χ3n) is 6.63. The normalized spacial score (nSPS) is 19.6. The molecular formula is C24H26N4O3S2. The molecule has 1 fully saturated rings. The second-order valence-corrected chi connectivity index (χ2v) is 11.3. The van der Waals surface area contributed by atoms with E-state index in [0.717, 1.165) is 42.5 Å². The lowest BCUT2D eigenvalue weighted by molar-refractivity contribution is -0.119. The van der Waals surface area contributed by atoms with Gasteiger partial charge in [0.05, 0.1) is 30.0 Å². The van der Waals surface area contributed by atoms with Gasteiger partial charge in [-0.2, -0.15) is 5.26 Å². The molecule has 1 N–H and O–H groups in total. The van der Waals surface area contributed by atoms with Gasteiger partial charge in [-0.15, -0.1) is 11.3 Å². The Bertz CT molecular complexity index is 1300. The number of rotatable bonds is 7. The number of hydrogen-bond donors (Lipinski definition) is 1. The summed E-state index contributed by atoms with van der Waals surface area (Å²) in [6.07, 6.45) is 6.46. The van der Waals surface area contributed by atoms with Crippen LogP contribution in [-0.4, -0.2) is 26.8 Å². The highest BCUT2D eigenvalue weighted by Crippen LogP contribution is 2.39. The number of nitriles is 1. The van der Waals surface area contributed by atoms with Gasteiger partial charge in [0, 0.05) is 4.88 Å². The first-order valence-electron chi connectivity index (χ1n) is 11.3. The van der Waals surface area contributed by atoms with E-state index in [4.69, 9.17) is 9.40 Å². The van der Waals surface area contributed by atoms with E-state index in [9.17, 15) is 14.9 Å². The fourth-order valence-corrected chi connectivity index (χ4v) is 6.77. The molecule has 0 radical (unpaired) electrons. The van der Waals surface area contributed by atoms with Crippen molar-refractivity contribution >= 4 is 39.2 Å². The quantitative estimate of drug-likeness (QED) is 0.401. The van der Waals surface area contributed by atoms with Crippen molar-refractivity contribution in [1.29, 1.82) is 5.26 Å². The number of thioether (sulfide) groups is 1. The summed E-state index contributed by atoms with van der Waals surface area (Å²) < 4.78 is 7.12. The maximum atomic E-state index is 13.6. The maximum Gasteiger partial charge on any atom is 0.263 e. The Morgan fingerprint density at radius 2 is 2.27 bits per heavy atom. The van der Waals surface area contributed by atoms with Crippen molar-refractivity contribution in [3.05, 3.63) is 45.0 Å². The molecule has 3 aromatic heterocycles. The molecule has 3 aromatic rings. The molecule has 7 nitrogen and oxygen atoms in total. The summed E-state index contributed by atoms with van der Waals surface area (Å²) in [7, 11) is 0. The van der Waals surface area contributed by atoms with Crippen LogP contribution in [0.5, 0.6) is 0 Å². The molecule has 2 aliphatic carbocycles. The zero-order chi connectivity index (χ0) is 23.2. The van der Waals surface area contributed by atoms with E-state index < -0.39 is 5.54 Å². The molecule has 2 aliphatic rings. The first kappa shape index (κ1) is 22.2. The number of hydrogen-bond acceptors (Lipinski definition) is 7. The predicted octanol–water partition coefficient (Wildman–Crippen LogP) is 4.12. The fraction of sp³-hybridized carbons (Fsp3) is 0.500. The number of carbonyl (C=O) groups is 1. The van der Waals surface area contributed by atoms with Crippen molar-refractivity contribution < 1.29 is 9.21 Å². The molecule has 0 spiro atoms. The lowest BCUT2D eigenvalue weighted by Crippen LogP contribution is -2.47. The summed E-state index contributed by atoms with van der Waals surface area (Å²) in [5.41, 5.74) is 0.223. The molecule has 2 atom stereocenters. The number of fused-ring (bicyclic) bond motifs is 3. The number of aryl methyl sites for hydroxylation is 1. The molecule has 172 valence electrons. The van der Waals surface area contributed by atoms with Crippen molar-refractivity contribution in [1.82, 2.24) is 14.9 Å². The van der Waals surface area contributed by atoms with Crippen LogP contribution in [0.1, 0.15) is 49.3 Å². The van der Waals surface area contributed by atoms with E-state index in [1.807, 2.05) is 6.07 Å². The lowest BCUT2D eigenvalue weighted by Gasteiger charge is -2.22. The molecule has 33 heavy (non-hydrogen) atoms. The van der Waals surface area contributed by atoms with E-state index in [1.54, 1.807) is 35.2 Å². The van der Waals surface area contributed by atoms with Crippen LogP contribution < -0.4 is 10.9 Å². The Hall–Kier alpha value is -2.57. The highest BCUT2D eigenvalue weighted by atomic mass is 32.2. The predicted molar refractivity (Wildman–Crippen MR) is 128 cm³/mol. The number of aromatic nitrogens is 2. The Labute approximate surface area is 200 Å². The molecular weight excluding hydrogens is 456 g/mol. The van der Waals surface area contributed by atoms with Crippen molar-refractivity contribution in [2.24, 2.45) is 11.8 Å². The minimum absolute atomic E-state index is 0.0776. The standard InChI is InChI=1S/C24H26N4O3S2/c1-14-5-8-17-18(10-14)33-21-20(17)22(30)28(11-16-4-3-9-31-16)23(26-21)32-12-19(29)27-24(2,13-25)15-6-7-15/h3-4,9,14-15H,5-8,10-12H2,1-2H3,(H,27,29). The molecule has 9 heteroatoms. The monoisotopic (exact) mass is 482 g/mol. The number of amides is 1. The van der Waals surface area contributed by atoms with Crippen LogP contribution in [0.3, 0.4) is 0 Å². The SMILES string of the molecule is CC1CCc2c(sc3nc(SCC(=O)NC(C)(C#N)C4CC4)n(Cc4ccco4)c(=O)c23)C1. The lowest BCUT2D eigenvalue weighted by atomic mass is 9.89. The van der Waals surface area contributed by atoms with Gasteiger partial charge in [0.1, 0.15) is 16.1 Å². The summed E-state index contributed by atoms with van der Waals surface area (Å²) in [6, 6.07) is 5.88. The van der Waals surface area contributed by atoms with Crippen molar-refractivity contribution in [3.63, 3.8) is 0 Å². The highest BCUT2D eigenvalue weighted by Gasteiger charge is 2.43. The van der Waals surface area contributed by atoms with Gasteiger partial charge in [0.15, 0.2) is 5.16 Å². The molecule has 0 aliphatic heterocycles. The molecule has 1 saturated carbocycles. The average molecular weight is 483 g/mol. The van der Waals surface area contributed by atoms with Crippen LogP contribution in [0.15, 0.2) is 32.8 Å². The van der Waals surface area contributed by atoms with E-state index >= 15 is 0 Å². The molecule has 5 rings (SSSR count). The smallest absolute Gasteiger partial charge is 0.263 e. The molecule has 3 heterocycles. The van der Waals surface area contributed by atoms with Gasteiger partial charge in [-0.05, 0) is 68.6 Å². The van der Waals surface area contributed by atoms with Crippen LogP contribution in [0.2, 0.25) is 0 Å². The number of nitrogens with zero attached hydrogens (tertiary/aromatic N) is 3. The van der Waals surface area contributed by atoms with E-state index in [0.29, 0.717) is 22.2 Å². The van der Waals surface area contributed by atoms with E-state index in [2.05, 4.69) is 18.3 Å². The number of thiophene rings is 1. The van der Waals surface area contributed by atoms with Gasteiger partial charge in [-0.3, -0.25) is 14.2 Å². The highest BCUT2D eigenvalue weighted by molar-refractivity contribution is 7.99. The third kappa shape index (κ3) is 4.34. The summed E-state index contributed by atoms with van der Waals surface area (Å²) in [4.78, 5) is 33.2. The van der Waals surface area contributed by atoms with Gasteiger partial charge in [-0.25, -0.2) is 4.98 Å². The molecule has 1 amide bonds. The van der Waals surface area contributed by atoms with Gasteiger partial charge in [0.25, 0.3) is 5.56 Å². The van der Waals surface area contributed by atoms with Crippen LogP contribution in [0, 0.1) is 23.2 Å². The summed E-state index contributed by atoms with van der Waals surface area (Å²) >= 11 is 2.83. The first-order chi connectivity index (χ1) is 15.9. The summed E-state index contributed by atoms with van der Waals surface area (Å²) in [6.45, 7) is 4.28. The van der Waals surface area contributed by atoms with Gasteiger partial charge >= 0.3 is 0 Å². The summed E-state index contributed by atoms with van der Waals surface area (Å²) in [5.74, 6) is 1.34. The van der Waals surface area contributed by atoms with Crippen molar-refractivity contribution in [2.75, 3.05) is 5.75 Å². The molecule has 0 saturated heterocycles. The first-order valence-corrected chi connectivity index (χ1v) is 13.1. The topological polar surface area (TPSA) is 101 Å². The zero-order valence-corrected chi connectivity index (χ0v) is 20.4. The maximum absolute atomic E-state index is 13.6. The minimum Gasteiger partial charge on any atom is -0.467 e. The number of furan rings is 1. The largest absolute Gasteiger partial charge is 0.467 e. The van der Waals surface area contributed by atoms with Crippen LogP contribution >= 0.6 is 23.1 Å². The minimum atomic E-state index is -0.841. The van der Waals surface area contributed by atoms with Crippen LogP contribution in [0.4, 0.5) is 0 Å². The van der Waals surface area contributed by atoms with Crippen molar-refractivity contribution in [2.45, 2.75) is 63.2 Å². The van der Waals surface area contributed by atoms with E-state index in [1.165, 1.54) is 16.6 Å². The third-order valence-corrected chi connectivity index (χ3v) is 8.76. The van der Waals surface area contributed by atoms with Crippen LogP contribution in [0.25, 0.3) is 10.2 Å². The van der Waals surface area contributed by atoms with Gasteiger partial charge < -0.3 is 9.73 Å². The number of carbonyl (C=O) groups excluding carboxylic acids is 1. The fourth-order valence-electron chi connectivity index (χ4n) is 4.55. The molecule has 2 unspecified atom stereocenters. The Kier molecular flexibility index (Phi) is 5.83. The second kappa shape index (κ2) is 8.65. The average Bonchev–Trinajstić information content (AvgIpc) is 3.42. The summed E-state index contributed by atoms with van der Waals surface area (Å²) in [5, 5.41) is 13.6. The second-order valence-electron chi connectivity index (χ2n) is 9.32. The van der Waals surface area contributed by atoms with Gasteiger partial charge in [0.2, 0.25) is 5.91 Å². The van der Waals surface area contributed by atoms with Crippen molar-refractivity contribution in [3.8, 4) is 6.07 Å².